The quantitative estimate of drug-likeness (QED) is 0.920. The Morgan fingerprint density at radius 3 is 2.65 bits per heavy atom. The fourth-order valence-corrected chi connectivity index (χ4v) is 3.00. The average molecular weight is 309 g/mol. The molecule has 0 spiro atoms. The molecule has 1 aliphatic rings. The van der Waals surface area contributed by atoms with E-state index in [4.69, 9.17) is 27.9 Å². The lowest BCUT2D eigenvalue weighted by Crippen LogP contribution is -2.03. The normalized spacial score (nSPS) is 14.8. The number of aliphatic hydroxyl groups is 1. The molecule has 1 unspecified atom stereocenters. The zero-order chi connectivity index (χ0) is 14.1. The highest BCUT2D eigenvalue weighted by Gasteiger charge is 2.17. The second kappa shape index (κ2) is 5.65. The molecule has 1 N–H and O–H groups in total. The summed E-state index contributed by atoms with van der Waals surface area (Å²) in [7, 11) is 0. The summed E-state index contributed by atoms with van der Waals surface area (Å²) in [6.07, 6.45) is 0.666. The number of hydrogen-bond donors (Lipinski definition) is 1. The van der Waals surface area contributed by atoms with Crippen LogP contribution >= 0.6 is 23.2 Å². The Bertz CT molecular complexity index is 620. The minimum atomic E-state index is -0.627. The number of ether oxygens (including phenoxy) is 1. The van der Waals surface area contributed by atoms with Crippen LogP contribution in [0.2, 0.25) is 10.0 Å². The first-order valence-corrected chi connectivity index (χ1v) is 7.27. The fourth-order valence-electron chi connectivity index (χ4n) is 2.45. The van der Waals surface area contributed by atoms with E-state index >= 15 is 0 Å². The van der Waals surface area contributed by atoms with Crippen molar-refractivity contribution in [2.24, 2.45) is 0 Å². The van der Waals surface area contributed by atoms with E-state index in [1.807, 2.05) is 18.2 Å². The van der Waals surface area contributed by atoms with Gasteiger partial charge in [0.25, 0.3) is 0 Å². The van der Waals surface area contributed by atoms with Crippen molar-refractivity contribution in [3.05, 3.63) is 63.1 Å². The van der Waals surface area contributed by atoms with Gasteiger partial charge in [0.2, 0.25) is 0 Å². The van der Waals surface area contributed by atoms with E-state index in [0.29, 0.717) is 23.1 Å². The SMILES string of the molecule is OC(Cc1c(Cl)cccc1Cl)c1ccc2c(c1)CCO2. The van der Waals surface area contributed by atoms with Crippen LogP contribution in [0.25, 0.3) is 0 Å². The highest BCUT2D eigenvalue weighted by atomic mass is 35.5. The van der Waals surface area contributed by atoms with Gasteiger partial charge >= 0.3 is 0 Å². The number of fused-ring (bicyclic) bond motifs is 1. The van der Waals surface area contributed by atoms with Crippen LogP contribution in [-0.2, 0) is 12.8 Å². The van der Waals surface area contributed by atoms with E-state index in [1.165, 1.54) is 0 Å². The molecule has 104 valence electrons. The van der Waals surface area contributed by atoms with Crippen molar-refractivity contribution >= 4 is 23.2 Å². The molecule has 4 heteroatoms. The van der Waals surface area contributed by atoms with Crippen molar-refractivity contribution in [1.82, 2.24) is 0 Å². The lowest BCUT2D eigenvalue weighted by atomic mass is 9.99. The number of aliphatic hydroxyl groups excluding tert-OH is 1. The number of rotatable bonds is 3. The smallest absolute Gasteiger partial charge is 0.122 e. The van der Waals surface area contributed by atoms with Gasteiger partial charge in [-0.1, -0.05) is 35.3 Å². The van der Waals surface area contributed by atoms with Crippen LogP contribution in [0.1, 0.15) is 22.8 Å². The van der Waals surface area contributed by atoms with Crippen LogP contribution < -0.4 is 4.74 Å². The maximum atomic E-state index is 10.4. The molecule has 20 heavy (non-hydrogen) atoms. The molecule has 0 saturated heterocycles. The van der Waals surface area contributed by atoms with Crippen LogP contribution in [0.5, 0.6) is 5.75 Å². The predicted molar refractivity (Wildman–Crippen MR) is 80.8 cm³/mol. The maximum absolute atomic E-state index is 10.4. The van der Waals surface area contributed by atoms with Crippen molar-refractivity contribution in [2.45, 2.75) is 18.9 Å². The van der Waals surface area contributed by atoms with Gasteiger partial charge in [-0.25, -0.2) is 0 Å². The van der Waals surface area contributed by atoms with Crippen LogP contribution in [0.15, 0.2) is 36.4 Å². The monoisotopic (exact) mass is 308 g/mol. The Balaban J connectivity index is 1.84. The van der Waals surface area contributed by atoms with Gasteiger partial charge in [-0.15, -0.1) is 0 Å². The summed E-state index contributed by atoms with van der Waals surface area (Å²) >= 11 is 12.3. The molecular formula is C16H14Cl2O2. The molecule has 0 aromatic heterocycles. The summed E-state index contributed by atoms with van der Waals surface area (Å²) in [5.74, 6) is 0.914. The van der Waals surface area contributed by atoms with Gasteiger partial charge in [-0.2, -0.15) is 0 Å². The highest BCUT2D eigenvalue weighted by molar-refractivity contribution is 6.36. The first kappa shape index (κ1) is 13.7. The molecule has 0 amide bonds. The van der Waals surface area contributed by atoms with Gasteiger partial charge in [-0.3, -0.25) is 0 Å². The van der Waals surface area contributed by atoms with Crippen molar-refractivity contribution < 1.29 is 9.84 Å². The molecule has 0 fully saturated rings. The Labute approximate surface area is 127 Å². The van der Waals surface area contributed by atoms with E-state index in [-0.39, 0.29) is 0 Å². The maximum Gasteiger partial charge on any atom is 0.122 e. The molecule has 0 bridgehead atoms. The first-order chi connectivity index (χ1) is 9.65. The average Bonchev–Trinajstić information content (AvgIpc) is 2.90. The van der Waals surface area contributed by atoms with Crippen molar-refractivity contribution in [2.75, 3.05) is 6.61 Å². The van der Waals surface area contributed by atoms with Gasteiger partial charge in [0, 0.05) is 22.9 Å². The summed E-state index contributed by atoms with van der Waals surface area (Å²) in [5, 5.41) is 11.6. The van der Waals surface area contributed by atoms with Crippen molar-refractivity contribution in [3.63, 3.8) is 0 Å². The molecule has 3 rings (SSSR count). The Morgan fingerprint density at radius 1 is 1.15 bits per heavy atom. The molecule has 2 aromatic carbocycles. The van der Waals surface area contributed by atoms with Gasteiger partial charge in [0.05, 0.1) is 12.7 Å². The van der Waals surface area contributed by atoms with Gasteiger partial charge in [0.1, 0.15) is 5.75 Å². The van der Waals surface area contributed by atoms with Gasteiger partial charge in [-0.05, 0) is 41.0 Å². The van der Waals surface area contributed by atoms with E-state index in [2.05, 4.69) is 0 Å². The van der Waals surface area contributed by atoms with E-state index < -0.39 is 6.10 Å². The molecule has 0 saturated carbocycles. The number of hydrogen-bond acceptors (Lipinski definition) is 2. The lowest BCUT2D eigenvalue weighted by Gasteiger charge is -2.14. The second-order valence-corrected chi connectivity index (χ2v) is 5.70. The van der Waals surface area contributed by atoms with Crippen LogP contribution in [0.4, 0.5) is 0 Å². The Hall–Kier alpha value is -1.22. The molecule has 2 nitrogen and oxygen atoms in total. The standard InChI is InChI=1S/C16H14Cl2O2/c17-13-2-1-3-14(18)12(13)9-15(19)10-4-5-16-11(8-10)6-7-20-16/h1-5,8,15,19H,6-7,9H2. The van der Waals surface area contributed by atoms with Gasteiger partial charge < -0.3 is 9.84 Å². The van der Waals surface area contributed by atoms with Crippen molar-refractivity contribution in [3.8, 4) is 5.75 Å². The topological polar surface area (TPSA) is 29.5 Å². The second-order valence-electron chi connectivity index (χ2n) is 4.89. The Morgan fingerprint density at radius 2 is 1.90 bits per heavy atom. The van der Waals surface area contributed by atoms with E-state index in [0.717, 1.165) is 28.9 Å². The van der Waals surface area contributed by atoms with Crippen LogP contribution in [0, 0.1) is 0 Å². The van der Waals surface area contributed by atoms with Crippen LogP contribution in [0.3, 0.4) is 0 Å². The first-order valence-electron chi connectivity index (χ1n) is 6.52. The van der Waals surface area contributed by atoms with E-state index in [1.54, 1.807) is 18.2 Å². The van der Waals surface area contributed by atoms with Crippen LogP contribution in [-0.4, -0.2) is 11.7 Å². The fraction of sp³-hybridized carbons (Fsp3) is 0.250. The molecule has 0 aliphatic carbocycles. The lowest BCUT2D eigenvalue weighted by molar-refractivity contribution is 0.178. The third kappa shape index (κ3) is 2.64. The summed E-state index contributed by atoms with van der Waals surface area (Å²) in [4.78, 5) is 0. The predicted octanol–water partition coefficient (Wildman–Crippen LogP) is 4.20. The third-order valence-corrected chi connectivity index (χ3v) is 4.27. The largest absolute Gasteiger partial charge is 0.493 e. The number of benzene rings is 2. The summed E-state index contributed by atoms with van der Waals surface area (Å²) in [5.41, 5.74) is 2.79. The minimum Gasteiger partial charge on any atom is -0.493 e. The molecule has 2 aromatic rings. The summed E-state index contributed by atoms with van der Waals surface area (Å²) in [6, 6.07) is 11.2. The third-order valence-electron chi connectivity index (χ3n) is 3.56. The van der Waals surface area contributed by atoms with Gasteiger partial charge in [0.15, 0.2) is 0 Å². The molecule has 1 aliphatic heterocycles. The molecule has 1 atom stereocenters. The Kier molecular flexibility index (Phi) is 3.88. The summed E-state index contributed by atoms with van der Waals surface area (Å²) in [6.45, 7) is 0.714. The number of halogens is 2. The summed E-state index contributed by atoms with van der Waals surface area (Å²) < 4.78 is 5.47. The van der Waals surface area contributed by atoms with Crippen molar-refractivity contribution in [1.29, 1.82) is 0 Å². The molecule has 0 radical (unpaired) electrons. The highest BCUT2D eigenvalue weighted by Crippen LogP contribution is 2.32. The minimum absolute atomic E-state index is 0.401. The molecule has 1 heterocycles. The zero-order valence-electron chi connectivity index (χ0n) is 10.8. The van der Waals surface area contributed by atoms with E-state index in [9.17, 15) is 5.11 Å². The zero-order valence-corrected chi connectivity index (χ0v) is 12.3. The molecular weight excluding hydrogens is 295 g/mol.